The summed E-state index contributed by atoms with van der Waals surface area (Å²) < 4.78 is 5.50. The lowest BCUT2D eigenvalue weighted by atomic mass is 10.00. The Bertz CT molecular complexity index is 462. The number of benzene rings is 1. The van der Waals surface area contributed by atoms with Gasteiger partial charge in [0.2, 0.25) is 0 Å². The van der Waals surface area contributed by atoms with Gasteiger partial charge in [0.15, 0.2) is 0 Å². The molecule has 0 N–H and O–H groups in total. The Balaban J connectivity index is 2.18. The summed E-state index contributed by atoms with van der Waals surface area (Å²) in [5, 5.41) is 0. The van der Waals surface area contributed by atoms with Crippen molar-refractivity contribution in [2.45, 2.75) is 52.2 Å². The standard InChI is InChI=1S/C16H23NO2/c1-12-8-5-6-9-13(12)14-10-7-11-17(14)15(18)19-16(2,3)4/h5-6,8-9,14H,7,10-11H2,1-4H3. The Morgan fingerprint density at radius 3 is 2.63 bits per heavy atom. The lowest BCUT2D eigenvalue weighted by Gasteiger charge is -2.29. The van der Waals surface area contributed by atoms with Gasteiger partial charge in [-0.1, -0.05) is 24.3 Å². The average molecular weight is 261 g/mol. The molecule has 1 heterocycles. The maximum absolute atomic E-state index is 12.3. The number of nitrogens with zero attached hydrogens (tertiary/aromatic N) is 1. The second-order valence-corrected chi connectivity index (χ2v) is 6.19. The molecule has 0 aliphatic carbocycles. The highest BCUT2D eigenvalue weighted by atomic mass is 16.6. The summed E-state index contributed by atoms with van der Waals surface area (Å²) in [6, 6.07) is 8.44. The van der Waals surface area contributed by atoms with E-state index in [1.54, 1.807) is 0 Å². The first-order valence-corrected chi connectivity index (χ1v) is 6.93. The van der Waals surface area contributed by atoms with E-state index < -0.39 is 5.60 Å². The van der Waals surface area contributed by atoms with Crippen LogP contribution in [-0.2, 0) is 4.74 Å². The fourth-order valence-electron chi connectivity index (χ4n) is 2.59. The number of ether oxygens (including phenoxy) is 1. The van der Waals surface area contributed by atoms with E-state index in [0.29, 0.717) is 0 Å². The predicted molar refractivity (Wildman–Crippen MR) is 76.1 cm³/mol. The first-order chi connectivity index (χ1) is 8.88. The molecule has 3 nitrogen and oxygen atoms in total. The normalized spacial score (nSPS) is 19.6. The van der Waals surface area contributed by atoms with Crippen LogP contribution in [0.4, 0.5) is 4.79 Å². The van der Waals surface area contributed by atoms with Gasteiger partial charge < -0.3 is 9.64 Å². The first-order valence-electron chi connectivity index (χ1n) is 6.93. The highest BCUT2D eigenvalue weighted by Crippen LogP contribution is 2.34. The number of likely N-dealkylation sites (tertiary alicyclic amines) is 1. The average Bonchev–Trinajstić information content (AvgIpc) is 2.76. The molecule has 19 heavy (non-hydrogen) atoms. The molecule has 2 rings (SSSR count). The number of carbonyl (C=O) groups is 1. The predicted octanol–water partition coefficient (Wildman–Crippen LogP) is 4.07. The van der Waals surface area contributed by atoms with Crippen LogP contribution in [0.2, 0.25) is 0 Å². The summed E-state index contributed by atoms with van der Waals surface area (Å²) in [6.07, 6.45) is 1.86. The van der Waals surface area contributed by atoms with E-state index in [0.717, 1.165) is 19.4 Å². The van der Waals surface area contributed by atoms with Gasteiger partial charge in [-0.15, -0.1) is 0 Å². The molecular formula is C16H23NO2. The van der Waals surface area contributed by atoms with Crippen molar-refractivity contribution >= 4 is 6.09 Å². The molecule has 1 aromatic rings. The SMILES string of the molecule is Cc1ccccc1C1CCCN1C(=O)OC(C)(C)C. The number of hydrogen-bond acceptors (Lipinski definition) is 2. The van der Waals surface area contributed by atoms with Crippen molar-refractivity contribution < 1.29 is 9.53 Å². The molecule has 0 radical (unpaired) electrons. The van der Waals surface area contributed by atoms with Crippen LogP contribution >= 0.6 is 0 Å². The number of hydrogen-bond donors (Lipinski definition) is 0. The number of amides is 1. The largest absolute Gasteiger partial charge is 0.444 e. The zero-order valence-electron chi connectivity index (χ0n) is 12.3. The Labute approximate surface area is 115 Å². The Hall–Kier alpha value is -1.51. The zero-order valence-corrected chi connectivity index (χ0v) is 12.3. The molecule has 0 saturated carbocycles. The van der Waals surface area contributed by atoms with Crippen molar-refractivity contribution in [1.29, 1.82) is 0 Å². The van der Waals surface area contributed by atoms with Gasteiger partial charge in [0.05, 0.1) is 6.04 Å². The van der Waals surface area contributed by atoms with Crippen LogP contribution < -0.4 is 0 Å². The molecule has 1 aliphatic rings. The van der Waals surface area contributed by atoms with Crippen molar-refractivity contribution in [3.05, 3.63) is 35.4 Å². The minimum absolute atomic E-state index is 0.163. The quantitative estimate of drug-likeness (QED) is 0.762. The van der Waals surface area contributed by atoms with E-state index in [1.807, 2.05) is 37.8 Å². The highest BCUT2D eigenvalue weighted by Gasteiger charge is 2.33. The van der Waals surface area contributed by atoms with Crippen LogP contribution in [0.5, 0.6) is 0 Å². The lowest BCUT2D eigenvalue weighted by molar-refractivity contribution is 0.0224. The van der Waals surface area contributed by atoms with Crippen LogP contribution in [0, 0.1) is 6.92 Å². The first kappa shape index (κ1) is 13.9. The molecule has 3 heteroatoms. The molecule has 0 spiro atoms. The fraction of sp³-hybridized carbons (Fsp3) is 0.562. The van der Waals surface area contributed by atoms with Crippen molar-refractivity contribution in [2.24, 2.45) is 0 Å². The third-order valence-corrected chi connectivity index (χ3v) is 3.43. The Morgan fingerprint density at radius 2 is 2.00 bits per heavy atom. The molecule has 1 amide bonds. The molecular weight excluding hydrogens is 238 g/mol. The van der Waals surface area contributed by atoms with Gasteiger partial charge in [-0.25, -0.2) is 4.79 Å². The topological polar surface area (TPSA) is 29.5 Å². The van der Waals surface area contributed by atoms with Crippen molar-refractivity contribution in [2.75, 3.05) is 6.54 Å². The zero-order chi connectivity index (χ0) is 14.0. The molecule has 0 bridgehead atoms. The van der Waals surface area contributed by atoms with Gasteiger partial charge >= 0.3 is 6.09 Å². The molecule has 1 aliphatic heterocycles. The van der Waals surface area contributed by atoms with Gasteiger partial charge in [0.25, 0.3) is 0 Å². The second-order valence-electron chi connectivity index (χ2n) is 6.19. The van der Waals surface area contributed by atoms with Crippen LogP contribution in [-0.4, -0.2) is 23.1 Å². The van der Waals surface area contributed by atoms with Gasteiger partial charge in [-0.05, 0) is 51.7 Å². The van der Waals surface area contributed by atoms with E-state index in [4.69, 9.17) is 4.74 Å². The summed E-state index contributed by atoms with van der Waals surface area (Å²) >= 11 is 0. The van der Waals surface area contributed by atoms with E-state index in [1.165, 1.54) is 11.1 Å². The molecule has 1 atom stereocenters. The van der Waals surface area contributed by atoms with Gasteiger partial charge in [-0.3, -0.25) is 0 Å². The minimum atomic E-state index is -0.435. The molecule has 104 valence electrons. The van der Waals surface area contributed by atoms with E-state index in [-0.39, 0.29) is 12.1 Å². The van der Waals surface area contributed by atoms with Crippen molar-refractivity contribution in [3.8, 4) is 0 Å². The fourth-order valence-corrected chi connectivity index (χ4v) is 2.59. The molecule has 1 unspecified atom stereocenters. The van der Waals surface area contributed by atoms with Crippen molar-refractivity contribution in [1.82, 2.24) is 4.90 Å². The van der Waals surface area contributed by atoms with Crippen LogP contribution in [0.25, 0.3) is 0 Å². The number of carbonyl (C=O) groups excluding carboxylic acids is 1. The third kappa shape index (κ3) is 3.28. The summed E-state index contributed by atoms with van der Waals surface area (Å²) in [6.45, 7) is 8.60. The summed E-state index contributed by atoms with van der Waals surface area (Å²) in [7, 11) is 0. The molecule has 1 aromatic carbocycles. The maximum atomic E-state index is 12.3. The van der Waals surface area contributed by atoms with Crippen LogP contribution in [0.3, 0.4) is 0 Å². The molecule has 1 saturated heterocycles. The smallest absolute Gasteiger partial charge is 0.410 e. The number of rotatable bonds is 1. The van der Waals surface area contributed by atoms with E-state index in [9.17, 15) is 4.79 Å². The summed E-state index contributed by atoms with van der Waals surface area (Å²) in [5.74, 6) is 0. The van der Waals surface area contributed by atoms with Gasteiger partial charge in [0, 0.05) is 6.54 Å². The van der Waals surface area contributed by atoms with Gasteiger partial charge in [-0.2, -0.15) is 0 Å². The second kappa shape index (κ2) is 5.24. The Kier molecular flexibility index (Phi) is 3.83. The highest BCUT2D eigenvalue weighted by molar-refractivity contribution is 5.69. The third-order valence-electron chi connectivity index (χ3n) is 3.43. The van der Waals surface area contributed by atoms with E-state index in [2.05, 4.69) is 19.1 Å². The molecule has 1 fully saturated rings. The minimum Gasteiger partial charge on any atom is -0.444 e. The number of aryl methyl sites for hydroxylation is 1. The summed E-state index contributed by atoms with van der Waals surface area (Å²) in [5.41, 5.74) is 2.05. The Morgan fingerprint density at radius 1 is 1.32 bits per heavy atom. The van der Waals surface area contributed by atoms with Crippen molar-refractivity contribution in [3.63, 3.8) is 0 Å². The van der Waals surface area contributed by atoms with Crippen LogP contribution in [0.15, 0.2) is 24.3 Å². The van der Waals surface area contributed by atoms with E-state index >= 15 is 0 Å². The monoisotopic (exact) mass is 261 g/mol. The summed E-state index contributed by atoms with van der Waals surface area (Å²) in [4.78, 5) is 14.1. The molecule has 0 aromatic heterocycles. The maximum Gasteiger partial charge on any atom is 0.410 e. The lowest BCUT2D eigenvalue weighted by Crippen LogP contribution is -2.36. The van der Waals surface area contributed by atoms with Gasteiger partial charge in [0.1, 0.15) is 5.60 Å². The van der Waals surface area contributed by atoms with Crippen LogP contribution in [0.1, 0.15) is 50.8 Å².